The highest BCUT2D eigenvalue weighted by Gasteiger charge is 2.16. The number of rotatable bonds is 2. The maximum atomic E-state index is 11.4. The molecule has 6 nitrogen and oxygen atoms in total. The van der Waals surface area contributed by atoms with Crippen molar-refractivity contribution in [3.63, 3.8) is 0 Å². The lowest BCUT2D eigenvalue weighted by Gasteiger charge is -2.05. The first-order chi connectivity index (χ1) is 7.10. The van der Waals surface area contributed by atoms with E-state index in [-0.39, 0.29) is 23.8 Å². The third kappa shape index (κ3) is 2.20. The lowest BCUT2D eigenvalue weighted by atomic mass is 10.3. The molecule has 0 aliphatic carbocycles. The van der Waals surface area contributed by atoms with Crippen molar-refractivity contribution in [1.82, 2.24) is 9.97 Å². The van der Waals surface area contributed by atoms with E-state index < -0.39 is 5.97 Å². The monoisotopic (exact) mass is 206 g/mol. The molecule has 0 unspecified atom stereocenters. The summed E-state index contributed by atoms with van der Waals surface area (Å²) < 4.78 is 4.76. The third-order valence-corrected chi connectivity index (χ3v) is 1.67. The molecule has 0 atom stereocenters. The number of nitriles is 1. The predicted octanol–water partition coefficient (Wildman–Crippen LogP) is 0.416. The molecule has 0 aliphatic heterocycles. The van der Waals surface area contributed by atoms with E-state index in [1.54, 1.807) is 19.9 Å². The van der Waals surface area contributed by atoms with E-state index in [1.165, 1.54) is 0 Å². The standard InChI is InChI=1S/C9H10N4O2/c1-3-15-9(14)7-5(2)12-8(11)6(4-10)13-7/h3H2,1-2H3,(H2,11,12). The van der Waals surface area contributed by atoms with Crippen LogP contribution in [0, 0.1) is 18.3 Å². The topological polar surface area (TPSA) is 102 Å². The van der Waals surface area contributed by atoms with Crippen molar-refractivity contribution >= 4 is 11.8 Å². The Kier molecular flexibility index (Phi) is 3.18. The Hall–Kier alpha value is -2.16. The highest BCUT2D eigenvalue weighted by Crippen LogP contribution is 2.10. The van der Waals surface area contributed by atoms with Crippen LogP contribution >= 0.6 is 0 Å². The molecule has 1 rings (SSSR count). The van der Waals surface area contributed by atoms with Crippen LogP contribution in [0.4, 0.5) is 5.82 Å². The number of hydrogen-bond acceptors (Lipinski definition) is 6. The summed E-state index contributed by atoms with van der Waals surface area (Å²) in [4.78, 5) is 19.0. The number of carbonyl (C=O) groups excluding carboxylic acids is 1. The molecule has 15 heavy (non-hydrogen) atoms. The van der Waals surface area contributed by atoms with Crippen LogP contribution in [0.3, 0.4) is 0 Å². The lowest BCUT2D eigenvalue weighted by Crippen LogP contribution is -2.13. The largest absolute Gasteiger partial charge is 0.461 e. The Morgan fingerprint density at radius 2 is 2.27 bits per heavy atom. The second kappa shape index (κ2) is 4.37. The van der Waals surface area contributed by atoms with Crippen molar-refractivity contribution in [3.8, 4) is 6.07 Å². The minimum absolute atomic E-state index is 0.0167. The highest BCUT2D eigenvalue weighted by atomic mass is 16.5. The molecule has 1 aromatic heterocycles. The van der Waals surface area contributed by atoms with Gasteiger partial charge >= 0.3 is 5.97 Å². The first kappa shape index (κ1) is 10.9. The van der Waals surface area contributed by atoms with Gasteiger partial charge in [0.15, 0.2) is 17.2 Å². The number of aromatic nitrogens is 2. The zero-order chi connectivity index (χ0) is 11.4. The Bertz CT molecular complexity index is 436. The normalized spacial score (nSPS) is 9.40. The van der Waals surface area contributed by atoms with Crippen LogP contribution in [0.1, 0.15) is 28.8 Å². The first-order valence-electron chi connectivity index (χ1n) is 4.31. The fourth-order valence-electron chi connectivity index (χ4n) is 1.01. The van der Waals surface area contributed by atoms with Gasteiger partial charge in [0.2, 0.25) is 0 Å². The maximum Gasteiger partial charge on any atom is 0.358 e. The van der Waals surface area contributed by atoms with Gasteiger partial charge in [-0.1, -0.05) is 0 Å². The summed E-state index contributed by atoms with van der Waals surface area (Å²) in [7, 11) is 0. The van der Waals surface area contributed by atoms with Crippen LogP contribution in [-0.4, -0.2) is 22.5 Å². The van der Waals surface area contributed by atoms with Crippen LogP contribution in [0.25, 0.3) is 0 Å². The summed E-state index contributed by atoms with van der Waals surface area (Å²) in [6.07, 6.45) is 0. The number of carbonyl (C=O) groups is 1. The smallest absolute Gasteiger partial charge is 0.358 e. The summed E-state index contributed by atoms with van der Waals surface area (Å²) in [5.41, 5.74) is 5.74. The number of nitrogen functional groups attached to an aromatic ring is 1. The first-order valence-corrected chi connectivity index (χ1v) is 4.31. The van der Waals surface area contributed by atoms with Gasteiger partial charge in [-0.05, 0) is 13.8 Å². The fraction of sp³-hybridized carbons (Fsp3) is 0.333. The van der Waals surface area contributed by atoms with Crippen LogP contribution < -0.4 is 5.73 Å². The number of aryl methyl sites for hydroxylation is 1. The summed E-state index contributed by atoms with van der Waals surface area (Å²) >= 11 is 0. The van der Waals surface area contributed by atoms with Crippen molar-refractivity contribution in [2.24, 2.45) is 0 Å². The fourth-order valence-corrected chi connectivity index (χ4v) is 1.01. The van der Waals surface area contributed by atoms with E-state index >= 15 is 0 Å². The van der Waals surface area contributed by atoms with Gasteiger partial charge in [0.25, 0.3) is 0 Å². The molecule has 1 heterocycles. The van der Waals surface area contributed by atoms with Gasteiger partial charge in [-0.25, -0.2) is 14.8 Å². The molecule has 0 fully saturated rings. The maximum absolute atomic E-state index is 11.4. The minimum Gasteiger partial charge on any atom is -0.461 e. The highest BCUT2D eigenvalue weighted by molar-refractivity contribution is 5.88. The molecular weight excluding hydrogens is 196 g/mol. The van der Waals surface area contributed by atoms with Crippen LogP contribution in [0.15, 0.2) is 0 Å². The second-order valence-electron chi connectivity index (χ2n) is 2.72. The number of anilines is 1. The van der Waals surface area contributed by atoms with Gasteiger partial charge in [0.05, 0.1) is 12.3 Å². The van der Waals surface area contributed by atoms with Gasteiger partial charge < -0.3 is 10.5 Å². The van der Waals surface area contributed by atoms with Crippen molar-refractivity contribution in [3.05, 3.63) is 17.1 Å². The molecule has 1 aromatic rings. The van der Waals surface area contributed by atoms with Crippen molar-refractivity contribution < 1.29 is 9.53 Å². The van der Waals surface area contributed by atoms with Crippen LogP contribution in [-0.2, 0) is 4.74 Å². The average molecular weight is 206 g/mol. The van der Waals surface area contributed by atoms with Gasteiger partial charge in [-0.2, -0.15) is 5.26 Å². The minimum atomic E-state index is -0.598. The van der Waals surface area contributed by atoms with Crippen LogP contribution in [0.2, 0.25) is 0 Å². The zero-order valence-corrected chi connectivity index (χ0v) is 8.44. The lowest BCUT2D eigenvalue weighted by molar-refractivity contribution is 0.0518. The molecule has 2 N–H and O–H groups in total. The van der Waals surface area contributed by atoms with E-state index in [9.17, 15) is 4.79 Å². The van der Waals surface area contributed by atoms with Crippen molar-refractivity contribution in [2.75, 3.05) is 12.3 Å². The number of nitrogens with two attached hydrogens (primary N) is 1. The molecule has 0 aliphatic rings. The molecular formula is C9H10N4O2. The number of hydrogen-bond donors (Lipinski definition) is 1. The Morgan fingerprint density at radius 3 is 2.80 bits per heavy atom. The molecule has 0 saturated heterocycles. The van der Waals surface area contributed by atoms with E-state index in [1.807, 2.05) is 0 Å². The SMILES string of the molecule is CCOC(=O)c1nc(C#N)c(N)nc1C. The predicted molar refractivity (Wildman–Crippen MR) is 51.9 cm³/mol. The summed E-state index contributed by atoms with van der Waals surface area (Å²) in [6.45, 7) is 3.51. The quantitative estimate of drug-likeness (QED) is 0.703. The van der Waals surface area contributed by atoms with Gasteiger partial charge in [0.1, 0.15) is 6.07 Å². The van der Waals surface area contributed by atoms with Gasteiger partial charge in [0, 0.05) is 0 Å². The summed E-state index contributed by atoms with van der Waals surface area (Å²) in [5.74, 6) is -0.581. The Morgan fingerprint density at radius 1 is 1.60 bits per heavy atom. The van der Waals surface area contributed by atoms with E-state index in [0.29, 0.717) is 5.69 Å². The average Bonchev–Trinajstić information content (AvgIpc) is 2.18. The molecule has 0 spiro atoms. The van der Waals surface area contributed by atoms with Gasteiger partial charge in [-0.3, -0.25) is 0 Å². The van der Waals surface area contributed by atoms with E-state index in [4.69, 9.17) is 15.7 Å². The molecule has 0 bridgehead atoms. The molecule has 0 aromatic carbocycles. The number of esters is 1. The second-order valence-corrected chi connectivity index (χ2v) is 2.72. The van der Waals surface area contributed by atoms with E-state index in [2.05, 4.69) is 9.97 Å². The van der Waals surface area contributed by atoms with Gasteiger partial charge in [-0.15, -0.1) is 0 Å². The Labute approximate surface area is 86.7 Å². The molecule has 0 saturated carbocycles. The number of nitrogens with zero attached hydrogens (tertiary/aromatic N) is 3. The molecule has 78 valence electrons. The van der Waals surface area contributed by atoms with Crippen LogP contribution in [0.5, 0.6) is 0 Å². The third-order valence-electron chi connectivity index (χ3n) is 1.67. The van der Waals surface area contributed by atoms with Crippen molar-refractivity contribution in [2.45, 2.75) is 13.8 Å². The molecule has 6 heteroatoms. The zero-order valence-electron chi connectivity index (χ0n) is 8.44. The van der Waals surface area contributed by atoms with E-state index in [0.717, 1.165) is 0 Å². The summed E-state index contributed by atoms with van der Waals surface area (Å²) in [5, 5.41) is 8.66. The molecule has 0 amide bonds. The van der Waals surface area contributed by atoms with Crippen molar-refractivity contribution in [1.29, 1.82) is 5.26 Å². The Balaban J connectivity index is 3.20. The molecule has 0 radical (unpaired) electrons. The number of ether oxygens (including phenoxy) is 1. The summed E-state index contributed by atoms with van der Waals surface area (Å²) in [6, 6.07) is 1.75.